The zero-order chi connectivity index (χ0) is 15.2. The molecule has 2 N–H and O–H groups in total. The van der Waals surface area contributed by atoms with Gasteiger partial charge in [-0.25, -0.2) is 8.78 Å². The van der Waals surface area contributed by atoms with Crippen LogP contribution in [0.5, 0.6) is 5.75 Å². The largest absolute Gasteiger partial charge is 0.493 e. The number of halogens is 2. The number of alkyl halides is 2. The maximum atomic E-state index is 12.7. The molecule has 0 bridgehead atoms. The van der Waals surface area contributed by atoms with Crippen molar-refractivity contribution in [3.05, 3.63) is 29.3 Å². The van der Waals surface area contributed by atoms with Crippen molar-refractivity contribution in [1.82, 2.24) is 5.32 Å². The zero-order valence-corrected chi connectivity index (χ0v) is 11.6. The van der Waals surface area contributed by atoms with Gasteiger partial charge >= 0.3 is 0 Å². The molecule has 0 atom stereocenters. The Morgan fingerprint density at radius 2 is 1.95 bits per heavy atom. The highest BCUT2D eigenvalue weighted by atomic mass is 19.3. The Morgan fingerprint density at radius 1 is 1.35 bits per heavy atom. The van der Waals surface area contributed by atoms with E-state index >= 15 is 0 Å². The lowest BCUT2D eigenvalue weighted by Gasteiger charge is -2.14. The first-order valence-electron chi connectivity index (χ1n) is 6.30. The number of rotatable bonds is 7. The van der Waals surface area contributed by atoms with Crippen LogP contribution in [0, 0.1) is 13.8 Å². The van der Waals surface area contributed by atoms with Crippen molar-refractivity contribution in [1.29, 1.82) is 0 Å². The fourth-order valence-corrected chi connectivity index (χ4v) is 1.64. The summed E-state index contributed by atoms with van der Waals surface area (Å²) in [5.74, 6) is -3.12. The molecule has 1 aromatic carbocycles. The summed E-state index contributed by atoms with van der Waals surface area (Å²) in [5.41, 5.74) is 1.91. The summed E-state index contributed by atoms with van der Waals surface area (Å²) in [5, 5.41) is 10.4. The van der Waals surface area contributed by atoms with Gasteiger partial charge in [0.25, 0.3) is 5.92 Å². The van der Waals surface area contributed by atoms with Crippen molar-refractivity contribution in [3.8, 4) is 5.75 Å². The van der Waals surface area contributed by atoms with Crippen LogP contribution in [0.2, 0.25) is 0 Å². The van der Waals surface area contributed by atoms with Crippen LogP contribution in [0.15, 0.2) is 18.2 Å². The molecule has 0 aromatic heterocycles. The van der Waals surface area contributed by atoms with E-state index in [9.17, 15) is 13.6 Å². The second kappa shape index (κ2) is 7.19. The summed E-state index contributed by atoms with van der Waals surface area (Å²) >= 11 is 0. The van der Waals surface area contributed by atoms with Gasteiger partial charge in [0.15, 0.2) is 0 Å². The Balaban J connectivity index is 2.36. The first kappa shape index (κ1) is 16.4. The standard InChI is InChI=1S/C14H19F2NO3/c1-10-4-3-5-11(2)13(10)20-7-6-12(19)17-8-14(15,16)9-18/h3-5,18H,6-9H2,1-2H3,(H,17,19). The molecule has 1 rings (SSSR count). The van der Waals surface area contributed by atoms with Gasteiger partial charge in [-0.1, -0.05) is 18.2 Å². The van der Waals surface area contributed by atoms with Gasteiger partial charge in [0.05, 0.1) is 19.6 Å². The molecule has 20 heavy (non-hydrogen) atoms. The Kier molecular flexibility index (Phi) is 5.88. The van der Waals surface area contributed by atoms with Crippen LogP contribution in [0.25, 0.3) is 0 Å². The molecule has 4 nitrogen and oxygen atoms in total. The maximum absolute atomic E-state index is 12.7. The van der Waals surface area contributed by atoms with Crippen LogP contribution < -0.4 is 10.1 Å². The third-order valence-electron chi connectivity index (χ3n) is 2.76. The molecule has 0 fully saturated rings. The van der Waals surface area contributed by atoms with E-state index in [1.165, 1.54) is 0 Å². The van der Waals surface area contributed by atoms with E-state index in [1.807, 2.05) is 32.0 Å². The summed E-state index contributed by atoms with van der Waals surface area (Å²) in [6.45, 7) is 1.74. The highest BCUT2D eigenvalue weighted by Crippen LogP contribution is 2.22. The number of amides is 1. The molecule has 0 aliphatic rings. The average molecular weight is 287 g/mol. The van der Waals surface area contributed by atoms with E-state index in [0.29, 0.717) is 5.75 Å². The van der Waals surface area contributed by atoms with Crippen molar-refractivity contribution in [2.45, 2.75) is 26.2 Å². The first-order chi connectivity index (χ1) is 9.35. The number of aliphatic hydroxyl groups excluding tert-OH is 1. The molecule has 112 valence electrons. The van der Waals surface area contributed by atoms with E-state index in [4.69, 9.17) is 9.84 Å². The number of hydrogen-bond acceptors (Lipinski definition) is 3. The Labute approximate surface area is 116 Å². The SMILES string of the molecule is Cc1cccc(C)c1OCCC(=O)NCC(F)(F)CO. The summed E-state index contributed by atoms with van der Waals surface area (Å²) in [7, 11) is 0. The zero-order valence-electron chi connectivity index (χ0n) is 11.6. The molecule has 0 aliphatic heterocycles. The first-order valence-corrected chi connectivity index (χ1v) is 6.30. The molecular weight excluding hydrogens is 268 g/mol. The number of benzene rings is 1. The third-order valence-corrected chi connectivity index (χ3v) is 2.76. The molecule has 0 saturated heterocycles. The second-order valence-electron chi connectivity index (χ2n) is 4.61. The smallest absolute Gasteiger partial charge is 0.287 e. The van der Waals surface area contributed by atoms with Crippen molar-refractivity contribution in [3.63, 3.8) is 0 Å². The number of ether oxygens (including phenoxy) is 1. The topological polar surface area (TPSA) is 58.6 Å². The van der Waals surface area contributed by atoms with Crippen LogP contribution in [-0.4, -0.2) is 36.7 Å². The molecule has 0 aliphatic carbocycles. The summed E-state index contributed by atoms with van der Waals surface area (Å²) in [6, 6.07) is 5.69. The van der Waals surface area contributed by atoms with Gasteiger partial charge in [0.1, 0.15) is 12.4 Å². The summed E-state index contributed by atoms with van der Waals surface area (Å²) in [4.78, 5) is 11.4. The lowest BCUT2D eigenvalue weighted by molar-refractivity contribution is -0.124. The molecule has 0 unspecified atom stereocenters. The van der Waals surface area contributed by atoms with E-state index < -0.39 is 25.0 Å². The monoisotopic (exact) mass is 287 g/mol. The number of aryl methyl sites for hydroxylation is 2. The van der Waals surface area contributed by atoms with Crippen LogP contribution in [-0.2, 0) is 4.79 Å². The molecule has 0 heterocycles. The molecule has 0 saturated carbocycles. The highest BCUT2D eigenvalue weighted by molar-refractivity contribution is 5.76. The van der Waals surface area contributed by atoms with Crippen molar-refractivity contribution in [2.24, 2.45) is 0 Å². The van der Waals surface area contributed by atoms with E-state index in [2.05, 4.69) is 5.32 Å². The molecule has 1 aromatic rings. The highest BCUT2D eigenvalue weighted by Gasteiger charge is 2.27. The average Bonchev–Trinajstić information content (AvgIpc) is 2.40. The van der Waals surface area contributed by atoms with Gasteiger partial charge in [-0.15, -0.1) is 0 Å². The van der Waals surface area contributed by atoms with Crippen LogP contribution in [0.4, 0.5) is 8.78 Å². The van der Waals surface area contributed by atoms with Crippen molar-refractivity contribution < 1.29 is 23.4 Å². The molecular formula is C14H19F2NO3. The predicted molar refractivity (Wildman–Crippen MR) is 71.1 cm³/mol. The van der Waals surface area contributed by atoms with Gasteiger partial charge in [0.2, 0.25) is 5.91 Å². The fourth-order valence-electron chi connectivity index (χ4n) is 1.64. The van der Waals surface area contributed by atoms with E-state index in [-0.39, 0.29) is 13.0 Å². The van der Waals surface area contributed by atoms with Gasteiger partial charge in [-0.2, -0.15) is 0 Å². The van der Waals surface area contributed by atoms with Crippen LogP contribution in [0.3, 0.4) is 0 Å². The Morgan fingerprint density at radius 3 is 2.50 bits per heavy atom. The number of carbonyl (C=O) groups is 1. The number of para-hydroxylation sites is 1. The maximum Gasteiger partial charge on any atom is 0.287 e. The van der Waals surface area contributed by atoms with E-state index in [1.54, 1.807) is 0 Å². The van der Waals surface area contributed by atoms with Gasteiger partial charge < -0.3 is 15.2 Å². The number of aliphatic hydroxyl groups is 1. The van der Waals surface area contributed by atoms with Crippen molar-refractivity contribution in [2.75, 3.05) is 19.8 Å². The molecule has 1 amide bonds. The summed E-state index contributed by atoms with van der Waals surface area (Å²) in [6.07, 6.45) is -0.0186. The van der Waals surface area contributed by atoms with Gasteiger partial charge in [0, 0.05) is 0 Å². The second-order valence-corrected chi connectivity index (χ2v) is 4.61. The van der Waals surface area contributed by atoms with E-state index in [0.717, 1.165) is 11.1 Å². The van der Waals surface area contributed by atoms with Crippen LogP contribution >= 0.6 is 0 Å². The van der Waals surface area contributed by atoms with Gasteiger partial charge in [-0.3, -0.25) is 4.79 Å². The van der Waals surface area contributed by atoms with Gasteiger partial charge in [-0.05, 0) is 25.0 Å². The van der Waals surface area contributed by atoms with Crippen molar-refractivity contribution >= 4 is 5.91 Å². The molecule has 6 heteroatoms. The Bertz CT molecular complexity index is 443. The molecule has 0 spiro atoms. The quantitative estimate of drug-likeness (QED) is 0.804. The molecule has 0 radical (unpaired) electrons. The minimum absolute atomic E-state index is 0.0186. The lowest BCUT2D eigenvalue weighted by Crippen LogP contribution is -2.39. The fraction of sp³-hybridized carbons (Fsp3) is 0.500. The summed E-state index contributed by atoms with van der Waals surface area (Å²) < 4.78 is 30.9. The Hall–Kier alpha value is -1.69. The predicted octanol–water partition coefficient (Wildman–Crippen LogP) is 1.82. The lowest BCUT2D eigenvalue weighted by atomic mass is 10.1. The normalized spacial score (nSPS) is 11.2. The number of nitrogens with one attached hydrogen (secondary N) is 1. The number of carbonyl (C=O) groups excluding carboxylic acids is 1. The minimum Gasteiger partial charge on any atom is -0.493 e. The third kappa shape index (κ3) is 5.13. The number of hydrogen-bond donors (Lipinski definition) is 2. The van der Waals surface area contributed by atoms with Crippen LogP contribution in [0.1, 0.15) is 17.5 Å². The minimum atomic E-state index is -3.29.